The number of carboxylic acids is 1. The van der Waals surface area contributed by atoms with E-state index < -0.39 is 30.8 Å². The van der Waals surface area contributed by atoms with E-state index in [-0.39, 0.29) is 18.9 Å². The zero-order valence-corrected chi connectivity index (χ0v) is 10.5. The van der Waals surface area contributed by atoms with Gasteiger partial charge in [0, 0.05) is 18.5 Å². The number of halogens is 3. The molecule has 110 valence electrons. The molecule has 2 amide bonds. The lowest BCUT2D eigenvalue weighted by Crippen LogP contribution is -2.48. The molecule has 0 aromatic heterocycles. The van der Waals surface area contributed by atoms with Crippen LogP contribution in [0.15, 0.2) is 0 Å². The van der Waals surface area contributed by atoms with Gasteiger partial charge in [-0.1, -0.05) is 0 Å². The van der Waals surface area contributed by atoms with Gasteiger partial charge in [0.1, 0.15) is 6.54 Å². The molecule has 19 heavy (non-hydrogen) atoms. The molecule has 1 aliphatic carbocycles. The van der Waals surface area contributed by atoms with Crippen molar-refractivity contribution in [3.05, 3.63) is 0 Å². The lowest BCUT2D eigenvalue weighted by atomic mass is 10.2. The van der Waals surface area contributed by atoms with Crippen molar-refractivity contribution in [3.8, 4) is 0 Å². The predicted molar refractivity (Wildman–Crippen MR) is 60.6 cm³/mol. The highest BCUT2D eigenvalue weighted by molar-refractivity contribution is 5.75. The molecule has 0 radical (unpaired) electrons. The summed E-state index contributed by atoms with van der Waals surface area (Å²) >= 11 is 0. The highest BCUT2D eigenvalue weighted by Gasteiger charge is 2.40. The third-order valence-corrected chi connectivity index (χ3v) is 2.76. The van der Waals surface area contributed by atoms with Crippen molar-refractivity contribution >= 4 is 12.0 Å². The van der Waals surface area contributed by atoms with Gasteiger partial charge >= 0.3 is 18.2 Å². The zero-order valence-electron chi connectivity index (χ0n) is 10.5. The van der Waals surface area contributed by atoms with Crippen molar-refractivity contribution in [2.45, 2.75) is 50.9 Å². The molecule has 1 atom stereocenters. The van der Waals surface area contributed by atoms with E-state index >= 15 is 0 Å². The standard InChI is InChI=1S/C11H17F3N2O3/c1-7(2-5-9(17)18)15-10(19)16(8-3-4-8)6-11(12,13)14/h7-8H,2-6H2,1H3,(H,15,19)(H,17,18). The number of hydrogen-bond donors (Lipinski definition) is 2. The van der Waals surface area contributed by atoms with E-state index in [2.05, 4.69) is 5.32 Å². The van der Waals surface area contributed by atoms with Crippen LogP contribution in [0.25, 0.3) is 0 Å². The SMILES string of the molecule is CC(CCC(=O)O)NC(=O)N(CC(F)(F)F)C1CC1. The number of nitrogens with one attached hydrogen (secondary N) is 1. The first kappa shape index (κ1) is 15.6. The van der Waals surface area contributed by atoms with E-state index in [1.165, 1.54) is 0 Å². The molecule has 0 saturated heterocycles. The fourth-order valence-electron chi connectivity index (χ4n) is 1.65. The Morgan fingerprint density at radius 3 is 2.42 bits per heavy atom. The number of aliphatic carboxylic acids is 1. The molecule has 0 aromatic carbocycles. The van der Waals surface area contributed by atoms with Gasteiger partial charge < -0.3 is 15.3 Å². The second-order valence-corrected chi connectivity index (χ2v) is 4.76. The summed E-state index contributed by atoms with van der Waals surface area (Å²) in [5, 5.41) is 10.9. The lowest BCUT2D eigenvalue weighted by Gasteiger charge is -2.26. The third-order valence-electron chi connectivity index (χ3n) is 2.76. The monoisotopic (exact) mass is 282 g/mol. The van der Waals surface area contributed by atoms with Crippen LogP contribution < -0.4 is 5.32 Å². The van der Waals surface area contributed by atoms with E-state index in [1.54, 1.807) is 6.92 Å². The van der Waals surface area contributed by atoms with Gasteiger partial charge in [0.05, 0.1) is 0 Å². The quantitative estimate of drug-likeness (QED) is 0.782. The smallest absolute Gasteiger partial charge is 0.406 e. The number of carbonyl (C=O) groups excluding carboxylic acids is 1. The third kappa shape index (κ3) is 6.30. The Bertz CT molecular complexity index is 343. The van der Waals surface area contributed by atoms with Gasteiger partial charge in [-0.25, -0.2) is 4.79 Å². The van der Waals surface area contributed by atoms with E-state index in [9.17, 15) is 22.8 Å². The highest BCUT2D eigenvalue weighted by atomic mass is 19.4. The van der Waals surface area contributed by atoms with Gasteiger partial charge in [-0.05, 0) is 26.2 Å². The second-order valence-electron chi connectivity index (χ2n) is 4.76. The lowest BCUT2D eigenvalue weighted by molar-refractivity contribution is -0.141. The van der Waals surface area contributed by atoms with Crippen molar-refractivity contribution in [2.75, 3.05) is 6.54 Å². The van der Waals surface area contributed by atoms with Crippen molar-refractivity contribution in [3.63, 3.8) is 0 Å². The Labute approximate surface area is 108 Å². The molecule has 0 spiro atoms. The van der Waals surface area contributed by atoms with Gasteiger partial charge in [0.25, 0.3) is 0 Å². The normalized spacial score (nSPS) is 16.8. The molecule has 0 bridgehead atoms. The number of urea groups is 1. The first-order chi connectivity index (χ1) is 8.69. The van der Waals surface area contributed by atoms with Crippen LogP contribution in [-0.2, 0) is 4.79 Å². The molecule has 2 N–H and O–H groups in total. The van der Waals surface area contributed by atoms with Crippen LogP contribution in [0.3, 0.4) is 0 Å². The molecule has 1 fully saturated rings. The van der Waals surface area contributed by atoms with Crippen molar-refractivity contribution in [2.24, 2.45) is 0 Å². The number of rotatable bonds is 6. The average molecular weight is 282 g/mol. The molecule has 5 nitrogen and oxygen atoms in total. The maximum absolute atomic E-state index is 12.3. The number of alkyl halides is 3. The van der Waals surface area contributed by atoms with Gasteiger partial charge in [-0.15, -0.1) is 0 Å². The summed E-state index contributed by atoms with van der Waals surface area (Å²) in [5.41, 5.74) is 0. The van der Waals surface area contributed by atoms with Crippen LogP contribution in [-0.4, -0.2) is 46.8 Å². The van der Waals surface area contributed by atoms with Gasteiger partial charge in [-0.3, -0.25) is 4.79 Å². The van der Waals surface area contributed by atoms with Crippen LogP contribution >= 0.6 is 0 Å². The van der Waals surface area contributed by atoms with Gasteiger partial charge in [0.15, 0.2) is 0 Å². The molecule has 1 saturated carbocycles. The van der Waals surface area contributed by atoms with Gasteiger partial charge in [-0.2, -0.15) is 13.2 Å². The minimum atomic E-state index is -4.43. The fraction of sp³-hybridized carbons (Fsp3) is 0.818. The minimum Gasteiger partial charge on any atom is -0.481 e. The van der Waals surface area contributed by atoms with Gasteiger partial charge in [0.2, 0.25) is 0 Å². The van der Waals surface area contributed by atoms with Crippen molar-refractivity contribution in [1.29, 1.82) is 0 Å². The van der Waals surface area contributed by atoms with Crippen molar-refractivity contribution in [1.82, 2.24) is 10.2 Å². The number of amides is 2. The van der Waals surface area contributed by atoms with E-state index in [0.29, 0.717) is 12.8 Å². The summed E-state index contributed by atoms with van der Waals surface area (Å²) in [6, 6.07) is -1.61. The Morgan fingerprint density at radius 2 is 2.00 bits per heavy atom. The van der Waals surface area contributed by atoms with E-state index in [0.717, 1.165) is 4.90 Å². The highest BCUT2D eigenvalue weighted by Crippen LogP contribution is 2.30. The Balaban J connectivity index is 2.46. The Hall–Kier alpha value is -1.47. The number of carboxylic acid groups (broad SMARTS) is 1. The molecule has 0 heterocycles. The largest absolute Gasteiger partial charge is 0.481 e. The van der Waals surface area contributed by atoms with Crippen LogP contribution in [0.1, 0.15) is 32.6 Å². The maximum atomic E-state index is 12.3. The summed E-state index contributed by atoms with van der Waals surface area (Å²) < 4.78 is 37.0. The number of hydrogen-bond acceptors (Lipinski definition) is 2. The Morgan fingerprint density at radius 1 is 1.42 bits per heavy atom. The Kier molecular flexibility index (Phi) is 5.02. The summed E-state index contributed by atoms with van der Waals surface area (Å²) in [6.07, 6.45) is -3.22. The fourth-order valence-corrected chi connectivity index (χ4v) is 1.65. The summed E-state index contributed by atoms with van der Waals surface area (Å²) in [6.45, 7) is 0.300. The molecule has 8 heteroatoms. The topological polar surface area (TPSA) is 69.6 Å². The molecule has 1 rings (SSSR count). The van der Waals surface area contributed by atoms with E-state index in [1.807, 2.05) is 0 Å². The molecule has 1 unspecified atom stereocenters. The second kappa shape index (κ2) is 6.12. The minimum absolute atomic E-state index is 0.135. The number of carbonyl (C=O) groups is 2. The van der Waals surface area contributed by atoms with Crippen LogP contribution in [0.4, 0.5) is 18.0 Å². The molecule has 0 aromatic rings. The predicted octanol–water partition coefficient (Wildman–Crippen LogP) is 1.98. The molecule has 1 aliphatic rings. The summed E-state index contributed by atoms with van der Waals surface area (Å²) in [7, 11) is 0. The average Bonchev–Trinajstić information content (AvgIpc) is 3.05. The molecular weight excluding hydrogens is 265 g/mol. The molecule has 0 aliphatic heterocycles. The number of nitrogens with zero attached hydrogens (tertiary/aromatic N) is 1. The first-order valence-electron chi connectivity index (χ1n) is 6.04. The van der Waals surface area contributed by atoms with Crippen LogP contribution in [0, 0.1) is 0 Å². The first-order valence-corrected chi connectivity index (χ1v) is 6.04. The summed E-state index contributed by atoms with van der Waals surface area (Å²) in [4.78, 5) is 22.9. The van der Waals surface area contributed by atoms with Crippen molar-refractivity contribution < 1.29 is 27.9 Å². The van der Waals surface area contributed by atoms with Crippen LogP contribution in [0.2, 0.25) is 0 Å². The van der Waals surface area contributed by atoms with Crippen LogP contribution in [0.5, 0.6) is 0 Å². The van der Waals surface area contributed by atoms with E-state index in [4.69, 9.17) is 5.11 Å². The summed E-state index contributed by atoms with van der Waals surface area (Å²) in [5.74, 6) is -1.00. The molecular formula is C11H17F3N2O3. The zero-order chi connectivity index (χ0) is 14.6. The maximum Gasteiger partial charge on any atom is 0.406 e.